The maximum atomic E-state index is 13.2. The van der Waals surface area contributed by atoms with Crippen molar-refractivity contribution in [1.82, 2.24) is 5.32 Å². The molecule has 0 aliphatic rings. The van der Waals surface area contributed by atoms with Crippen molar-refractivity contribution in [2.75, 3.05) is 6.61 Å². The number of aliphatic hydroxyl groups is 2. The van der Waals surface area contributed by atoms with Crippen LogP contribution in [0.2, 0.25) is 0 Å². The number of amides is 1. The van der Waals surface area contributed by atoms with Crippen molar-refractivity contribution in [3.8, 4) is 0 Å². The maximum absolute atomic E-state index is 13.2. The molecule has 336 valence electrons. The molecule has 0 saturated heterocycles. The predicted molar refractivity (Wildman–Crippen MR) is 246 cm³/mol. The largest absolute Gasteiger partial charge is 0.462 e. The van der Waals surface area contributed by atoms with E-state index in [-0.39, 0.29) is 24.9 Å². The quantitative estimate of drug-likeness (QED) is 0.0324. The van der Waals surface area contributed by atoms with Gasteiger partial charge in [-0.15, -0.1) is 0 Å². The lowest BCUT2D eigenvalue weighted by atomic mass is 10.0. The number of nitrogens with one attached hydrogen (secondary N) is 1. The first-order valence-electron chi connectivity index (χ1n) is 25.1. The van der Waals surface area contributed by atoms with Gasteiger partial charge in [0.05, 0.1) is 25.2 Å². The molecule has 57 heavy (non-hydrogen) atoms. The minimum Gasteiger partial charge on any atom is -0.462 e. The lowest BCUT2D eigenvalue weighted by Gasteiger charge is -2.24. The lowest BCUT2D eigenvalue weighted by Crippen LogP contribution is -2.46. The molecule has 6 nitrogen and oxygen atoms in total. The van der Waals surface area contributed by atoms with Gasteiger partial charge in [0.25, 0.3) is 0 Å². The van der Waals surface area contributed by atoms with Crippen LogP contribution in [-0.4, -0.2) is 46.9 Å². The normalized spacial score (nSPS) is 13.4. The van der Waals surface area contributed by atoms with Crippen molar-refractivity contribution in [3.63, 3.8) is 0 Å². The van der Waals surface area contributed by atoms with Crippen LogP contribution in [0.15, 0.2) is 24.3 Å². The molecule has 0 aromatic carbocycles. The van der Waals surface area contributed by atoms with Crippen molar-refractivity contribution >= 4 is 11.9 Å². The number of allylic oxidation sites excluding steroid dienone is 4. The minimum atomic E-state index is -0.785. The zero-order valence-electron chi connectivity index (χ0n) is 38.2. The van der Waals surface area contributed by atoms with Gasteiger partial charge < -0.3 is 20.3 Å². The van der Waals surface area contributed by atoms with Gasteiger partial charge in [0.1, 0.15) is 6.10 Å². The van der Waals surface area contributed by atoms with E-state index in [1.807, 2.05) is 0 Å². The van der Waals surface area contributed by atoms with Crippen LogP contribution in [0.4, 0.5) is 0 Å². The van der Waals surface area contributed by atoms with Gasteiger partial charge in [-0.1, -0.05) is 199 Å². The number of unbranched alkanes of at least 4 members (excludes halogenated alkanes) is 29. The van der Waals surface area contributed by atoms with Crippen LogP contribution in [0.1, 0.15) is 265 Å². The van der Waals surface area contributed by atoms with Gasteiger partial charge in [-0.2, -0.15) is 0 Å². The smallest absolute Gasteiger partial charge is 0.306 e. The SMILES string of the molecule is CCCCCC/C=C\CCCCCCCCCC(=O)OC(CCCCCCC/C=C\CCCCCC)CC(=O)NC(CO)C(O)CCCCCCCCCCCC. The average Bonchev–Trinajstić information content (AvgIpc) is 3.20. The highest BCUT2D eigenvalue weighted by Gasteiger charge is 2.24. The summed E-state index contributed by atoms with van der Waals surface area (Å²) in [6.45, 7) is 6.45. The van der Waals surface area contributed by atoms with Crippen LogP contribution in [0.3, 0.4) is 0 Å². The molecule has 0 aliphatic carbocycles. The summed E-state index contributed by atoms with van der Waals surface area (Å²) < 4.78 is 5.92. The fraction of sp³-hybridized carbons (Fsp3) is 0.882. The molecule has 1 amide bonds. The third-order valence-electron chi connectivity index (χ3n) is 11.5. The maximum Gasteiger partial charge on any atom is 0.306 e. The monoisotopic (exact) mass is 804 g/mol. The van der Waals surface area contributed by atoms with Gasteiger partial charge in [0, 0.05) is 6.42 Å². The zero-order valence-corrected chi connectivity index (χ0v) is 38.2. The van der Waals surface area contributed by atoms with Gasteiger partial charge in [-0.3, -0.25) is 9.59 Å². The van der Waals surface area contributed by atoms with E-state index in [0.29, 0.717) is 19.3 Å². The lowest BCUT2D eigenvalue weighted by molar-refractivity contribution is -0.151. The topological polar surface area (TPSA) is 95.9 Å². The molecule has 0 spiro atoms. The Morgan fingerprint density at radius 1 is 0.491 bits per heavy atom. The fourth-order valence-electron chi connectivity index (χ4n) is 7.65. The third-order valence-corrected chi connectivity index (χ3v) is 11.5. The Balaban J connectivity index is 4.57. The van der Waals surface area contributed by atoms with Crippen LogP contribution in [0.5, 0.6) is 0 Å². The van der Waals surface area contributed by atoms with Crippen molar-refractivity contribution in [3.05, 3.63) is 24.3 Å². The second-order valence-electron chi connectivity index (χ2n) is 17.2. The second-order valence-corrected chi connectivity index (χ2v) is 17.2. The first kappa shape index (κ1) is 55.3. The summed E-state index contributed by atoms with van der Waals surface area (Å²) in [7, 11) is 0. The summed E-state index contributed by atoms with van der Waals surface area (Å²) in [5, 5.41) is 23.7. The van der Waals surface area contributed by atoms with Crippen LogP contribution in [-0.2, 0) is 14.3 Å². The molecule has 0 heterocycles. The molecule has 3 N–H and O–H groups in total. The predicted octanol–water partition coefficient (Wildman–Crippen LogP) is 14.7. The summed E-state index contributed by atoms with van der Waals surface area (Å²) >= 11 is 0. The minimum absolute atomic E-state index is 0.0737. The molecule has 3 unspecified atom stereocenters. The Morgan fingerprint density at radius 3 is 1.26 bits per heavy atom. The first-order valence-corrected chi connectivity index (χ1v) is 25.1. The average molecular weight is 804 g/mol. The van der Waals surface area contributed by atoms with E-state index in [9.17, 15) is 19.8 Å². The Morgan fingerprint density at radius 2 is 0.842 bits per heavy atom. The molecule has 0 radical (unpaired) electrons. The number of carbonyl (C=O) groups is 2. The number of hydrogen-bond donors (Lipinski definition) is 3. The number of ether oxygens (including phenoxy) is 1. The molecule has 3 atom stereocenters. The standard InChI is InChI=1S/C51H97NO5/c1-4-7-10-13-16-19-22-24-25-27-29-32-35-38-41-44-51(56)57-47(42-39-36-33-30-28-26-23-20-17-14-11-8-5-2)45-50(55)52-48(46-53)49(54)43-40-37-34-31-21-18-15-12-9-6-3/h19-20,22-23,47-49,53-54H,4-18,21,24-46H2,1-3H3,(H,52,55)/b22-19-,23-20-. The van der Waals surface area contributed by atoms with Gasteiger partial charge in [0.2, 0.25) is 5.91 Å². The summed E-state index contributed by atoms with van der Waals surface area (Å²) in [6.07, 6.45) is 50.9. The highest BCUT2D eigenvalue weighted by atomic mass is 16.5. The molecule has 6 heteroatoms. The molecule has 0 aromatic heterocycles. The molecule has 0 bridgehead atoms. The zero-order chi connectivity index (χ0) is 41.7. The number of carbonyl (C=O) groups excluding carboxylic acids is 2. The Hall–Kier alpha value is -1.66. The van der Waals surface area contributed by atoms with E-state index in [2.05, 4.69) is 50.4 Å². The van der Waals surface area contributed by atoms with E-state index in [0.717, 1.165) is 64.2 Å². The number of aliphatic hydroxyl groups excluding tert-OH is 2. The van der Waals surface area contributed by atoms with E-state index >= 15 is 0 Å². The first-order chi connectivity index (χ1) is 28.0. The summed E-state index contributed by atoms with van der Waals surface area (Å²) in [5.41, 5.74) is 0. The third kappa shape index (κ3) is 40.9. The van der Waals surface area contributed by atoms with Gasteiger partial charge >= 0.3 is 5.97 Å². The van der Waals surface area contributed by atoms with Gasteiger partial charge in [-0.05, 0) is 77.0 Å². The van der Waals surface area contributed by atoms with Gasteiger partial charge in [-0.25, -0.2) is 0 Å². The van der Waals surface area contributed by atoms with Gasteiger partial charge in [0.15, 0.2) is 0 Å². The Bertz CT molecular complexity index is 904. The summed E-state index contributed by atoms with van der Waals surface area (Å²) in [4.78, 5) is 26.1. The van der Waals surface area contributed by atoms with E-state index in [4.69, 9.17) is 4.74 Å². The second kappa shape index (κ2) is 45.4. The molecule has 0 saturated carbocycles. The Labute approximate surface area is 354 Å². The molecule has 0 aliphatic heterocycles. The highest BCUT2D eigenvalue weighted by Crippen LogP contribution is 2.18. The van der Waals surface area contributed by atoms with E-state index in [1.54, 1.807) is 0 Å². The molecule has 0 fully saturated rings. The highest BCUT2D eigenvalue weighted by molar-refractivity contribution is 5.77. The van der Waals surface area contributed by atoms with E-state index < -0.39 is 18.2 Å². The van der Waals surface area contributed by atoms with Crippen molar-refractivity contribution in [2.24, 2.45) is 0 Å². The summed E-state index contributed by atoms with van der Waals surface area (Å²) in [5.74, 6) is -0.478. The number of esters is 1. The van der Waals surface area contributed by atoms with Crippen LogP contribution in [0, 0.1) is 0 Å². The number of hydrogen-bond acceptors (Lipinski definition) is 5. The fourth-order valence-corrected chi connectivity index (χ4v) is 7.65. The van der Waals surface area contributed by atoms with E-state index in [1.165, 1.54) is 154 Å². The molecule has 0 aromatic rings. The van der Waals surface area contributed by atoms with Crippen LogP contribution < -0.4 is 5.32 Å². The van der Waals surface area contributed by atoms with Crippen LogP contribution in [0.25, 0.3) is 0 Å². The summed E-state index contributed by atoms with van der Waals surface area (Å²) in [6, 6.07) is -0.699. The molecule has 0 rings (SSSR count). The molecular weight excluding hydrogens is 707 g/mol. The van der Waals surface area contributed by atoms with Crippen LogP contribution >= 0.6 is 0 Å². The Kier molecular flexibility index (Phi) is 44.1. The van der Waals surface area contributed by atoms with Crippen molar-refractivity contribution in [1.29, 1.82) is 0 Å². The number of rotatable bonds is 45. The van der Waals surface area contributed by atoms with Crippen molar-refractivity contribution in [2.45, 2.75) is 283 Å². The molecular formula is C51H97NO5. The van der Waals surface area contributed by atoms with Crippen molar-refractivity contribution < 1.29 is 24.5 Å².